The summed E-state index contributed by atoms with van der Waals surface area (Å²) in [6, 6.07) is 8.08. The molecule has 0 spiro atoms. The Kier molecular flexibility index (Phi) is 5.69. The zero-order valence-corrected chi connectivity index (χ0v) is 18.5. The molecule has 2 atom stereocenters. The Hall–Kier alpha value is -2.83. The van der Waals surface area contributed by atoms with Crippen LogP contribution in [0.1, 0.15) is 15.3 Å². The lowest BCUT2D eigenvalue weighted by molar-refractivity contribution is -0.169. The summed E-state index contributed by atoms with van der Waals surface area (Å²) >= 11 is 0.569. The molecule has 7 nitrogen and oxygen atoms in total. The van der Waals surface area contributed by atoms with Crippen LogP contribution in [0.5, 0.6) is 0 Å². The highest BCUT2D eigenvalue weighted by molar-refractivity contribution is 7.12. The molecule has 0 aliphatic carbocycles. The number of halogens is 4. The molecule has 0 saturated carbocycles. The van der Waals surface area contributed by atoms with Crippen molar-refractivity contribution in [3.8, 4) is 0 Å². The summed E-state index contributed by atoms with van der Waals surface area (Å²) in [6.45, 7) is 1.11. The van der Waals surface area contributed by atoms with Crippen LogP contribution < -0.4 is 10.6 Å². The average molecular weight is 496 g/mol. The molecule has 180 valence electrons. The number of benzene rings is 1. The average Bonchev–Trinajstić information content (AvgIpc) is 3.25. The first kappa shape index (κ1) is 22.9. The number of thiophene rings is 1. The molecule has 2 bridgehead atoms. The third-order valence-corrected chi connectivity index (χ3v) is 7.49. The zero-order valence-electron chi connectivity index (χ0n) is 17.7. The summed E-state index contributed by atoms with van der Waals surface area (Å²) in [5.41, 5.74) is -1.24. The molecule has 5 rings (SSSR count). The largest absolute Gasteiger partial charge is 0.425 e. The van der Waals surface area contributed by atoms with Crippen molar-refractivity contribution in [3.05, 3.63) is 74.3 Å². The molecule has 1 N–H and O–H groups in total. The number of hydrogen-bond donors (Lipinski definition) is 1. The third kappa shape index (κ3) is 4.10. The number of fused-ring (bicyclic) bond motifs is 2. The van der Waals surface area contributed by atoms with Crippen molar-refractivity contribution < 1.29 is 27.4 Å². The van der Waals surface area contributed by atoms with Gasteiger partial charge in [-0.1, -0.05) is 12.1 Å². The second-order valence-electron chi connectivity index (χ2n) is 8.50. The number of hydrogen-bond acceptors (Lipinski definition) is 7. The van der Waals surface area contributed by atoms with Gasteiger partial charge in [-0.25, -0.2) is 14.2 Å². The maximum absolute atomic E-state index is 13.4. The normalized spacial score (nSPS) is 24.9. The van der Waals surface area contributed by atoms with Crippen LogP contribution >= 0.6 is 11.3 Å². The standard InChI is InChI=1S/C22H20F4N4O3S/c23-16-3-1-13(2-4-16)21(32)14-7-29(8-15(21)11-33-10-14)19-27-12-30(20(31)28-19)9-17-5-6-18(34-17)22(24,25)26/h1-6,12,14-15,32H,7-11H2. The van der Waals surface area contributed by atoms with E-state index >= 15 is 0 Å². The smallest absolute Gasteiger partial charge is 0.384 e. The Bertz CT molecular complexity index is 1230. The quantitative estimate of drug-likeness (QED) is 0.560. The van der Waals surface area contributed by atoms with E-state index in [-0.39, 0.29) is 37.5 Å². The van der Waals surface area contributed by atoms with Crippen LogP contribution in [0.3, 0.4) is 0 Å². The van der Waals surface area contributed by atoms with Crippen molar-refractivity contribution in [2.45, 2.75) is 18.3 Å². The fraction of sp³-hybridized carbons (Fsp3) is 0.409. The van der Waals surface area contributed by atoms with Crippen molar-refractivity contribution in [2.75, 3.05) is 31.2 Å². The molecule has 2 aliphatic heterocycles. The molecule has 34 heavy (non-hydrogen) atoms. The fourth-order valence-corrected chi connectivity index (χ4v) is 5.55. The maximum atomic E-state index is 13.4. The minimum absolute atomic E-state index is 0.0662. The SMILES string of the molecule is O=c1nc(N2CC3COCC(C2)C3(O)c2ccc(F)cc2)ncn1Cc1ccc(C(F)(F)F)s1. The summed E-state index contributed by atoms with van der Waals surface area (Å²) in [7, 11) is 0. The zero-order chi connectivity index (χ0) is 24.1. The number of nitrogens with zero attached hydrogens (tertiary/aromatic N) is 4. The molecule has 3 aromatic rings. The predicted molar refractivity (Wildman–Crippen MR) is 115 cm³/mol. The second-order valence-corrected chi connectivity index (χ2v) is 9.67. The molecule has 2 aliphatic rings. The van der Waals surface area contributed by atoms with E-state index in [1.54, 1.807) is 17.0 Å². The van der Waals surface area contributed by atoms with E-state index in [9.17, 15) is 27.5 Å². The number of ether oxygens (including phenoxy) is 1. The highest BCUT2D eigenvalue weighted by atomic mass is 32.1. The molecule has 0 amide bonds. The highest BCUT2D eigenvalue weighted by Crippen LogP contribution is 2.45. The van der Waals surface area contributed by atoms with Crippen molar-refractivity contribution in [1.82, 2.24) is 14.5 Å². The molecular formula is C22H20F4N4O3S. The van der Waals surface area contributed by atoms with Crippen LogP contribution in [0.2, 0.25) is 0 Å². The minimum Gasteiger partial charge on any atom is -0.384 e. The van der Waals surface area contributed by atoms with Crippen molar-refractivity contribution in [2.24, 2.45) is 11.8 Å². The van der Waals surface area contributed by atoms with Gasteiger partial charge < -0.3 is 14.7 Å². The monoisotopic (exact) mass is 496 g/mol. The van der Waals surface area contributed by atoms with Crippen LogP contribution in [-0.4, -0.2) is 45.9 Å². The van der Waals surface area contributed by atoms with Gasteiger partial charge in [0, 0.05) is 29.8 Å². The number of piperidine rings is 1. The Morgan fingerprint density at radius 2 is 1.79 bits per heavy atom. The molecule has 4 heterocycles. The molecule has 2 saturated heterocycles. The van der Waals surface area contributed by atoms with Gasteiger partial charge in [-0.15, -0.1) is 11.3 Å². The van der Waals surface area contributed by atoms with Crippen LogP contribution in [0, 0.1) is 17.7 Å². The summed E-state index contributed by atoms with van der Waals surface area (Å²) in [5, 5.41) is 11.6. The molecule has 1 aromatic carbocycles. The number of rotatable bonds is 4. The first-order valence-electron chi connectivity index (χ1n) is 10.5. The van der Waals surface area contributed by atoms with Crippen LogP contribution in [0.4, 0.5) is 23.5 Å². The number of anilines is 1. The summed E-state index contributed by atoms with van der Waals surface area (Å²) < 4.78 is 58.7. The van der Waals surface area contributed by atoms with Crippen LogP contribution in [0.15, 0.2) is 47.5 Å². The Labute approximate surface area is 195 Å². The molecule has 12 heteroatoms. The van der Waals surface area contributed by atoms with E-state index in [2.05, 4.69) is 9.97 Å². The molecule has 2 aromatic heterocycles. The number of aromatic nitrogens is 3. The Morgan fingerprint density at radius 3 is 2.38 bits per heavy atom. The maximum Gasteiger partial charge on any atom is 0.425 e. The lowest BCUT2D eigenvalue weighted by atomic mass is 9.68. The lowest BCUT2D eigenvalue weighted by Crippen LogP contribution is -2.62. The van der Waals surface area contributed by atoms with Crippen molar-refractivity contribution >= 4 is 17.3 Å². The predicted octanol–water partition coefficient (Wildman–Crippen LogP) is 2.88. The number of alkyl halides is 3. The summed E-state index contributed by atoms with van der Waals surface area (Å²) in [4.78, 5) is 22.3. The molecule has 2 fully saturated rings. The molecule has 0 radical (unpaired) electrons. The highest BCUT2D eigenvalue weighted by Gasteiger charge is 2.53. The van der Waals surface area contributed by atoms with Gasteiger partial charge in [0.15, 0.2) is 0 Å². The van der Waals surface area contributed by atoms with Crippen molar-refractivity contribution in [3.63, 3.8) is 0 Å². The van der Waals surface area contributed by atoms with Gasteiger partial charge in [-0.3, -0.25) is 4.57 Å². The van der Waals surface area contributed by atoms with E-state index in [1.165, 1.54) is 24.5 Å². The second kappa shape index (κ2) is 8.43. The van der Waals surface area contributed by atoms with E-state index in [0.29, 0.717) is 34.9 Å². The van der Waals surface area contributed by atoms with Gasteiger partial charge in [0.05, 0.1) is 19.8 Å². The van der Waals surface area contributed by atoms with Gasteiger partial charge >= 0.3 is 11.9 Å². The Morgan fingerprint density at radius 1 is 1.12 bits per heavy atom. The van der Waals surface area contributed by atoms with Gasteiger partial charge in [-0.05, 0) is 29.8 Å². The van der Waals surface area contributed by atoms with Crippen LogP contribution in [0.25, 0.3) is 0 Å². The minimum atomic E-state index is -4.43. The molecule has 2 unspecified atom stereocenters. The van der Waals surface area contributed by atoms with E-state index < -0.39 is 28.2 Å². The lowest BCUT2D eigenvalue weighted by Gasteiger charge is -2.52. The summed E-state index contributed by atoms with van der Waals surface area (Å²) in [5.74, 6) is -0.925. The molecular weight excluding hydrogens is 476 g/mol. The third-order valence-electron chi connectivity index (χ3n) is 6.38. The topological polar surface area (TPSA) is 80.5 Å². The van der Waals surface area contributed by atoms with E-state index in [0.717, 1.165) is 10.6 Å². The Balaban J connectivity index is 1.35. The first-order valence-corrected chi connectivity index (χ1v) is 11.4. The van der Waals surface area contributed by atoms with Gasteiger partial charge in [0.1, 0.15) is 22.6 Å². The van der Waals surface area contributed by atoms with Gasteiger partial charge in [0.25, 0.3) is 0 Å². The fourth-order valence-electron chi connectivity index (χ4n) is 4.68. The van der Waals surface area contributed by atoms with Crippen molar-refractivity contribution in [1.29, 1.82) is 0 Å². The van der Waals surface area contributed by atoms with Gasteiger partial charge in [-0.2, -0.15) is 18.2 Å². The van der Waals surface area contributed by atoms with Crippen LogP contribution in [-0.2, 0) is 23.1 Å². The van der Waals surface area contributed by atoms with E-state index in [1.807, 2.05) is 0 Å². The van der Waals surface area contributed by atoms with Gasteiger partial charge in [0.2, 0.25) is 5.95 Å². The van der Waals surface area contributed by atoms with E-state index in [4.69, 9.17) is 4.74 Å². The first-order chi connectivity index (χ1) is 16.1. The number of aliphatic hydroxyl groups is 1. The summed E-state index contributed by atoms with van der Waals surface area (Å²) in [6.07, 6.45) is -3.16.